The summed E-state index contributed by atoms with van der Waals surface area (Å²) >= 11 is 0. The predicted molar refractivity (Wildman–Crippen MR) is 215 cm³/mol. The number of hydrogen-bond donors (Lipinski definition) is 8. The van der Waals surface area contributed by atoms with Crippen LogP contribution in [0.15, 0.2) is 94.6 Å². The topological polar surface area (TPSA) is 255 Å². The van der Waals surface area contributed by atoms with Gasteiger partial charge < -0.3 is 64.4 Å². The molecule has 1 saturated heterocycles. The number of carboxylic acid groups (broad SMARTS) is 1. The zero-order valence-corrected chi connectivity index (χ0v) is 32.8. The van der Waals surface area contributed by atoms with Crippen LogP contribution in [0.1, 0.15) is 17.5 Å². The summed E-state index contributed by atoms with van der Waals surface area (Å²) in [7, 11) is 1.42. The van der Waals surface area contributed by atoms with Crippen LogP contribution in [0.3, 0.4) is 0 Å². The van der Waals surface area contributed by atoms with E-state index in [0.717, 1.165) is 22.1 Å². The Hall–Kier alpha value is -6.21. The number of aromatic nitrogens is 2. The van der Waals surface area contributed by atoms with Gasteiger partial charge in [0, 0.05) is 35.9 Å². The van der Waals surface area contributed by atoms with Gasteiger partial charge in [-0.2, -0.15) is 4.73 Å². The average Bonchev–Trinajstić information content (AvgIpc) is 3.81. The Kier molecular flexibility index (Phi) is 12.0. The highest BCUT2D eigenvalue weighted by atomic mass is 16.8. The van der Waals surface area contributed by atoms with Crippen molar-refractivity contribution in [2.75, 3.05) is 26.9 Å². The number of aliphatic carboxylic acids is 1. The van der Waals surface area contributed by atoms with Gasteiger partial charge in [0.1, 0.15) is 53.5 Å². The molecule has 17 heteroatoms. The smallest absolute Gasteiger partial charge is 0.322 e. The fourth-order valence-corrected chi connectivity index (χ4v) is 7.61. The molecule has 0 aliphatic carbocycles. The summed E-state index contributed by atoms with van der Waals surface area (Å²) < 4.78 is 25.1. The van der Waals surface area contributed by atoms with E-state index < -0.39 is 73.9 Å². The third-order valence-corrected chi connectivity index (χ3v) is 10.7. The Labute approximate surface area is 341 Å². The van der Waals surface area contributed by atoms with Crippen LogP contribution in [0.5, 0.6) is 11.5 Å². The van der Waals surface area contributed by atoms with Gasteiger partial charge in [0.05, 0.1) is 29.3 Å². The molecule has 4 heterocycles. The normalized spacial score (nSPS) is 21.4. The van der Waals surface area contributed by atoms with Crippen molar-refractivity contribution >= 4 is 33.8 Å². The van der Waals surface area contributed by atoms with Gasteiger partial charge in [-0.15, -0.1) is 0 Å². The number of ether oxygens (including phenoxy) is 3. The number of aromatic amines is 1. The van der Waals surface area contributed by atoms with E-state index in [1.54, 1.807) is 24.5 Å². The molecule has 0 unspecified atom stereocenters. The third kappa shape index (κ3) is 8.05. The van der Waals surface area contributed by atoms with Crippen LogP contribution < -0.4 is 20.3 Å². The summed E-state index contributed by atoms with van der Waals surface area (Å²) in [6, 6.07) is 17.0. The van der Waals surface area contributed by atoms with Gasteiger partial charge in [-0.05, 0) is 75.3 Å². The zero-order valence-electron chi connectivity index (χ0n) is 32.8. The van der Waals surface area contributed by atoms with E-state index in [1.807, 2.05) is 38.1 Å². The van der Waals surface area contributed by atoms with Gasteiger partial charge in [0.15, 0.2) is 11.3 Å². The molecule has 0 spiro atoms. The number of hydrogen-bond acceptors (Lipinski definition) is 14. The number of nitrogens with one attached hydrogen (secondary N) is 2. The maximum absolute atomic E-state index is 13.5. The molecule has 316 valence electrons. The first-order valence-electron chi connectivity index (χ1n) is 19.1. The van der Waals surface area contributed by atoms with E-state index in [0.29, 0.717) is 16.8 Å². The maximum atomic E-state index is 13.5. The second-order valence-electron chi connectivity index (χ2n) is 14.8. The Morgan fingerprint density at radius 3 is 2.42 bits per heavy atom. The number of benzene rings is 3. The van der Waals surface area contributed by atoms with E-state index in [-0.39, 0.29) is 39.9 Å². The van der Waals surface area contributed by atoms with Crippen molar-refractivity contribution in [3.8, 4) is 33.9 Å². The second-order valence-corrected chi connectivity index (χ2v) is 14.8. The number of phenolic OH excluding ortho intramolecular Hbond substituents is 1. The van der Waals surface area contributed by atoms with Crippen molar-refractivity contribution in [3.05, 3.63) is 107 Å². The number of esters is 1. The molecule has 60 heavy (non-hydrogen) atoms. The summed E-state index contributed by atoms with van der Waals surface area (Å²) in [5.74, 6) is -4.46. The quantitative estimate of drug-likeness (QED) is 0.0547. The lowest BCUT2D eigenvalue weighted by Gasteiger charge is -2.48. The molecule has 3 aromatic carbocycles. The second kappa shape index (κ2) is 17.2. The number of aliphatic hydroxyl groups is 4. The molecule has 8 N–H and O–H groups in total. The summed E-state index contributed by atoms with van der Waals surface area (Å²) in [5.41, 5.74) is 1.86. The van der Waals surface area contributed by atoms with Gasteiger partial charge in [0.25, 0.3) is 0 Å². The molecular weight excluding hydrogens is 782 g/mol. The number of carboxylic acids is 1. The minimum absolute atomic E-state index is 0.0293. The zero-order chi connectivity index (χ0) is 42.9. The Morgan fingerprint density at radius 2 is 1.75 bits per heavy atom. The van der Waals surface area contributed by atoms with Crippen LogP contribution >= 0.6 is 0 Å². The number of phenols is 1. The molecule has 1 aliphatic heterocycles. The number of carbonyl (C=O) groups is 2. The number of H-pyrrole nitrogens is 1. The highest BCUT2D eigenvalue weighted by Crippen LogP contribution is 2.36. The number of rotatable bonds is 15. The van der Waals surface area contributed by atoms with Crippen molar-refractivity contribution < 1.29 is 63.7 Å². The molecule has 3 aromatic heterocycles. The van der Waals surface area contributed by atoms with Crippen LogP contribution in [0.4, 0.5) is 0 Å². The van der Waals surface area contributed by atoms with Crippen molar-refractivity contribution in [1.82, 2.24) is 15.0 Å². The number of aliphatic hydroxyl groups excluding tert-OH is 3. The number of aromatic hydroxyl groups is 1. The molecule has 1 fully saturated rings. The van der Waals surface area contributed by atoms with Crippen LogP contribution in [0, 0.1) is 19.8 Å². The largest absolute Gasteiger partial charge is 0.508 e. The molecule has 0 saturated carbocycles. The van der Waals surface area contributed by atoms with Crippen LogP contribution in [-0.4, -0.2) is 115 Å². The Bertz CT molecular complexity index is 2540. The first-order valence-corrected chi connectivity index (χ1v) is 19.1. The molecule has 0 amide bonds. The number of nitrogens with zero attached hydrogens (tertiary/aromatic N) is 1. The van der Waals surface area contributed by atoms with Gasteiger partial charge in [0.2, 0.25) is 12.4 Å². The summed E-state index contributed by atoms with van der Waals surface area (Å²) in [6.07, 6.45) is -2.43. The molecule has 1 aliphatic rings. The van der Waals surface area contributed by atoms with E-state index in [9.17, 15) is 45.0 Å². The lowest BCUT2D eigenvalue weighted by molar-refractivity contribution is -0.326. The van der Waals surface area contributed by atoms with Gasteiger partial charge in [-0.1, -0.05) is 29.3 Å². The minimum Gasteiger partial charge on any atom is -0.508 e. The average molecular weight is 828 g/mol. The lowest BCUT2D eigenvalue weighted by atomic mass is 9.85. The number of aryl methyl sites for hydroxylation is 2. The van der Waals surface area contributed by atoms with Crippen LogP contribution in [0.25, 0.3) is 44.3 Å². The van der Waals surface area contributed by atoms with Crippen molar-refractivity contribution in [2.45, 2.75) is 56.5 Å². The summed E-state index contributed by atoms with van der Waals surface area (Å²) in [6.45, 7) is 1.47. The molecule has 6 aromatic rings. The highest BCUT2D eigenvalue weighted by molar-refractivity contribution is 5.95. The minimum atomic E-state index is -2.58. The molecule has 0 bridgehead atoms. The summed E-state index contributed by atoms with van der Waals surface area (Å²) in [5, 5.41) is 67.2. The highest BCUT2D eigenvalue weighted by Gasteiger charge is 2.58. The van der Waals surface area contributed by atoms with Crippen LogP contribution in [-0.2, 0) is 19.1 Å². The van der Waals surface area contributed by atoms with Gasteiger partial charge in [-0.3, -0.25) is 14.4 Å². The van der Waals surface area contributed by atoms with Crippen molar-refractivity contribution in [2.24, 2.45) is 5.92 Å². The van der Waals surface area contributed by atoms with Crippen LogP contribution in [0.2, 0.25) is 0 Å². The van der Waals surface area contributed by atoms with E-state index in [1.165, 1.54) is 48.4 Å². The molecule has 7 atom stereocenters. The number of carbonyl (C=O) groups excluding carboxylic acids is 1. The van der Waals surface area contributed by atoms with E-state index >= 15 is 0 Å². The van der Waals surface area contributed by atoms with Gasteiger partial charge in [-0.25, -0.2) is 0 Å². The monoisotopic (exact) mass is 827 g/mol. The Balaban J connectivity index is 1.26. The SMILES string of the molecule is CN[C@H](CCO)[C@@H](C(=O)O)C(=O)OC[C@@H]1O[C@H](Oc2ccc3c(=O)c(-c4ccc(O)cc4)coc3c2)[C@@H](On2cc3cc[nH]c3c2-c2cc(C)cc(C)c2)[C@H](O)[C@]1(O)CO. The number of fused-ring (bicyclic) bond motifs is 2. The first kappa shape index (κ1) is 41.9. The fourth-order valence-electron chi connectivity index (χ4n) is 7.61. The van der Waals surface area contributed by atoms with Crippen molar-refractivity contribution in [1.29, 1.82) is 0 Å². The standard InChI is InChI=1S/C43H45N3O14/c1-22-14-23(2)16-26(15-22)36-35-25(10-12-45-35)18-46(36)60-38-39(51)43(55,21-48)33(20-57-41(54)34(40(52)53)31(44-3)11-13-47)59-42(38)58-28-8-9-29-32(17-28)56-19-30(37(29)50)24-4-6-27(49)7-5-24/h4-10,12,14-19,31,33-34,38-39,42,44-45,47-49,51,55H,11,13,20-21H2,1-3H3,(H,52,53)/t31-,33+,34+,38+,39+,42+,43+/m1/s1. The lowest BCUT2D eigenvalue weighted by Crippen LogP contribution is -2.71. The first-order chi connectivity index (χ1) is 28.8. The molecule has 17 nitrogen and oxygen atoms in total. The third-order valence-electron chi connectivity index (χ3n) is 10.7. The predicted octanol–water partition coefficient (Wildman–Crippen LogP) is 2.63. The Morgan fingerprint density at radius 1 is 1.02 bits per heavy atom. The van der Waals surface area contributed by atoms with Gasteiger partial charge >= 0.3 is 11.9 Å². The molecule has 7 rings (SSSR count). The molecular formula is C43H45N3O14. The molecule has 0 radical (unpaired) electrons. The van der Waals surface area contributed by atoms with E-state index in [2.05, 4.69) is 10.3 Å². The fraction of sp³-hybridized carbons (Fsp3) is 0.326. The van der Waals surface area contributed by atoms with Crippen molar-refractivity contribution in [3.63, 3.8) is 0 Å². The summed E-state index contributed by atoms with van der Waals surface area (Å²) in [4.78, 5) is 48.6. The van der Waals surface area contributed by atoms with E-state index in [4.69, 9.17) is 23.5 Å². The maximum Gasteiger partial charge on any atom is 0.322 e.